The van der Waals surface area contributed by atoms with Crippen LogP contribution in [0.5, 0.6) is 0 Å². The zero-order chi connectivity index (χ0) is 15.4. The second kappa shape index (κ2) is 6.56. The van der Waals surface area contributed by atoms with Crippen molar-refractivity contribution in [2.45, 2.75) is 31.8 Å². The fourth-order valence-corrected chi connectivity index (χ4v) is 2.21. The number of hydrogen-bond acceptors (Lipinski definition) is 2. The van der Waals surface area contributed by atoms with Gasteiger partial charge in [0.05, 0.1) is 6.42 Å². The molecule has 2 amide bonds. The first-order chi connectivity index (χ1) is 9.99. The predicted octanol–water partition coefficient (Wildman–Crippen LogP) is 2.32. The molecule has 2 rings (SSSR count). The summed E-state index contributed by atoms with van der Waals surface area (Å²) < 4.78 is 13.6. The van der Waals surface area contributed by atoms with Crippen molar-refractivity contribution in [1.82, 2.24) is 9.80 Å². The van der Waals surface area contributed by atoms with Crippen molar-refractivity contribution in [3.05, 3.63) is 35.6 Å². The first-order valence-corrected chi connectivity index (χ1v) is 6.96. The van der Waals surface area contributed by atoms with Gasteiger partial charge in [0.1, 0.15) is 5.82 Å². The van der Waals surface area contributed by atoms with Crippen molar-refractivity contribution in [2.24, 2.45) is 0 Å². The molecule has 1 aliphatic rings. The molecule has 0 heterocycles. The highest BCUT2D eigenvalue weighted by molar-refractivity contribution is 5.76. The fraction of sp³-hybridized carbons (Fsp3) is 0.467. The van der Waals surface area contributed by atoms with E-state index in [0.717, 1.165) is 12.8 Å². The molecule has 0 aromatic heterocycles. The molecule has 114 valence electrons. The standard InChI is InChI=1S/C15H19FN2O3/c1-17(10-11-4-2-3-5-13(11)16)15(21)18(12-6-7-12)9-8-14(19)20/h2-5,12H,6-10H2,1H3,(H,19,20). The molecule has 0 saturated heterocycles. The molecule has 1 aromatic rings. The van der Waals surface area contributed by atoms with Gasteiger partial charge in [-0.25, -0.2) is 9.18 Å². The van der Waals surface area contributed by atoms with E-state index in [2.05, 4.69) is 0 Å². The van der Waals surface area contributed by atoms with Gasteiger partial charge < -0.3 is 14.9 Å². The molecule has 1 aliphatic carbocycles. The lowest BCUT2D eigenvalue weighted by molar-refractivity contribution is -0.137. The zero-order valence-corrected chi connectivity index (χ0v) is 12.0. The average Bonchev–Trinajstić information content (AvgIpc) is 3.25. The van der Waals surface area contributed by atoms with Gasteiger partial charge in [-0.1, -0.05) is 18.2 Å². The van der Waals surface area contributed by atoms with Crippen molar-refractivity contribution >= 4 is 12.0 Å². The number of carboxylic acid groups (broad SMARTS) is 1. The van der Waals surface area contributed by atoms with Gasteiger partial charge in [-0.3, -0.25) is 4.79 Å². The first-order valence-electron chi connectivity index (χ1n) is 6.96. The van der Waals surface area contributed by atoms with E-state index in [4.69, 9.17) is 5.11 Å². The molecular weight excluding hydrogens is 275 g/mol. The van der Waals surface area contributed by atoms with E-state index in [-0.39, 0.29) is 37.4 Å². The summed E-state index contributed by atoms with van der Waals surface area (Å²) in [5, 5.41) is 8.76. The average molecular weight is 294 g/mol. The van der Waals surface area contributed by atoms with Crippen molar-refractivity contribution < 1.29 is 19.1 Å². The molecule has 0 aliphatic heterocycles. The minimum absolute atomic E-state index is 0.0736. The maximum Gasteiger partial charge on any atom is 0.320 e. The summed E-state index contributed by atoms with van der Waals surface area (Å²) >= 11 is 0. The Balaban J connectivity index is 1.99. The first kappa shape index (κ1) is 15.3. The number of halogens is 1. The SMILES string of the molecule is CN(Cc1ccccc1F)C(=O)N(CCC(=O)O)C1CC1. The quantitative estimate of drug-likeness (QED) is 0.876. The van der Waals surface area contributed by atoms with Gasteiger partial charge in [0.25, 0.3) is 0 Å². The normalized spacial score (nSPS) is 13.8. The molecule has 21 heavy (non-hydrogen) atoms. The number of amides is 2. The van der Waals surface area contributed by atoms with E-state index in [1.165, 1.54) is 11.0 Å². The lowest BCUT2D eigenvalue weighted by atomic mass is 10.2. The number of carboxylic acids is 1. The number of urea groups is 1. The zero-order valence-electron chi connectivity index (χ0n) is 12.0. The Morgan fingerprint density at radius 2 is 2.00 bits per heavy atom. The summed E-state index contributed by atoms with van der Waals surface area (Å²) in [6, 6.07) is 6.19. The van der Waals surface area contributed by atoms with Crippen LogP contribution in [0.1, 0.15) is 24.8 Å². The number of carbonyl (C=O) groups excluding carboxylic acids is 1. The van der Waals surface area contributed by atoms with Gasteiger partial charge in [0.2, 0.25) is 0 Å². The Kier molecular flexibility index (Phi) is 4.77. The topological polar surface area (TPSA) is 60.9 Å². The van der Waals surface area contributed by atoms with Gasteiger partial charge in [-0.05, 0) is 18.9 Å². The van der Waals surface area contributed by atoms with Crippen LogP contribution in [0.15, 0.2) is 24.3 Å². The summed E-state index contributed by atoms with van der Waals surface area (Å²) in [7, 11) is 1.60. The highest BCUT2D eigenvalue weighted by Crippen LogP contribution is 2.28. The molecule has 0 unspecified atom stereocenters. The van der Waals surface area contributed by atoms with Gasteiger partial charge >= 0.3 is 12.0 Å². The molecule has 0 atom stereocenters. The summed E-state index contributed by atoms with van der Waals surface area (Å²) in [6.45, 7) is 0.363. The van der Waals surface area contributed by atoms with Crippen LogP contribution in [0, 0.1) is 5.82 Å². The van der Waals surface area contributed by atoms with Crippen LogP contribution < -0.4 is 0 Å². The summed E-state index contributed by atoms with van der Waals surface area (Å²) in [5.41, 5.74) is 0.447. The van der Waals surface area contributed by atoms with E-state index in [1.807, 2.05) is 0 Å². The number of carbonyl (C=O) groups is 2. The second-order valence-electron chi connectivity index (χ2n) is 5.30. The van der Waals surface area contributed by atoms with Crippen molar-refractivity contribution in [1.29, 1.82) is 0 Å². The smallest absolute Gasteiger partial charge is 0.320 e. The van der Waals surface area contributed by atoms with E-state index < -0.39 is 5.97 Å². The van der Waals surface area contributed by atoms with Crippen molar-refractivity contribution in [3.8, 4) is 0 Å². The van der Waals surface area contributed by atoms with Gasteiger partial charge in [-0.15, -0.1) is 0 Å². The van der Waals surface area contributed by atoms with Crippen LogP contribution in [-0.4, -0.2) is 46.5 Å². The summed E-state index contributed by atoms with van der Waals surface area (Å²) in [4.78, 5) is 26.1. The van der Waals surface area contributed by atoms with E-state index >= 15 is 0 Å². The maximum absolute atomic E-state index is 13.6. The maximum atomic E-state index is 13.6. The van der Waals surface area contributed by atoms with E-state index in [1.54, 1.807) is 30.1 Å². The molecule has 1 aromatic carbocycles. The monoisotopic (exact) mass is 294 g/mol. The lowest BCUT2D eigenvalue weighted by Crippen LogP contribution is -2.43. The Morgan fingerprint density at radius 1 is 1.33 bits per heavy atom. The Hall–Kier alpha value is -2.11. The number of aliphatic carboxylic acids is 1. The number of hydrogen-bond donors (Lipinski definition) is 1. The third-order valence-corrected chi connectivity index (χ3v) is 3.49. The molecule has 6 heteroatoms. The molecule has 1 N–H and O–H groups in total. The second-order valence-corrected chi connectivity index (χ2v) is 5.30. The Morgan fingerprint density at radius 3 is 2.57 bits per heavy atom. The minimum Gasteiger partial charge on any atom is -0.481 e. The van der Waals surface area contributed by atoms with Gasteiger partial charge in [0.15, 0.2) is 0 Å². The molecule has 0 spiro atoms. The van der Waals surface area contributed by atoms with Crippen LogP contribution in [-0.2, 0) is 11.3 Å². The third-order valence-electron chi connectivity index (χ3n) is 3.49. The van der Waals surface area contributed by atoms with Crippen molar-refractivity contribution in [2.75, 3.05) is 13.6 Å². The highest BCUT2D eigenvalue weighted by Gasteiger charge is 2.34. The molecule has 0 bridgehead atoms. The minimum atomic E-state index is -0.926. The summed E-state index contributed by atoms with van der Waals surface area (Å²) in [5.74, 6) is -1.27. The van der Waals surface area contributed by atoms with E-state index in [0.29, 0.717) is 5.56 Å². The van der Waals surface area contributed by atoms with E-state index in [9.17, 15) is 14.0 Å². The number of rotatable bonds is 6. The molecule has 5 nitrogen and oxygen atoms in total. The highest BCUT2D eigenvalue weighted by atomic mass is 19.1. The molecule has 1 fully saturated rings. The molecule has 0 radical (unpaired) electrons. The molecule has 1 saturated carbocycles. The fourth-order valence-electron chi connectivity index (χ4n) is 2.21. The number of benzene rings is 1. The van der Waals surface area contributed by atoms with Crippen LogP contribution in [0.3, 0.4) is 0 Å². The van der Waals surface area contributed by atoms with Crippen molar-refractivity contribution in [3.63, 3.8) is 0 Å². The third kappa shape index (κ3) is 4.18. The summed E-state index contributed by atoms with van der Waals surface area (Å²) in [6.07, 6.45) is 1.73. The van der Waals surface area contributed by atoms with Gasteiger partial charge in [0, 0.05) is 31.7 Å². The van der Waals surface area contributed by atoms with Crippen LogP contribution >= 0.6 is 0 Å². The predicted molar refractivity (Wildman–Crippen MR) is 75.2 cm³/mol. The van der Waals surface area contributed by atoms with Crippen LogP contribution in [0.4, 0.5) is 9.18 Å². The lowest BCUT2D eigenvalue weighted by Gasteiger charge is -2.28. The largest absolute Gasteiger partial charge is 0.481 e. The Labute approximate surface area is 123 Å². The molecular formula is C15H19FN2O3. The number of nitrogens with zero attached hydrogens (tertiary/aromatic N) is 2. The van der Waals surface area contributed by atoms with Crippen LogP contribution in [0.2, 0.25) is 0 Å². The Bertz CT molecular complexity index is 531. The van der Waals surface area contributed by atoms with Crippen LogP contribution in [0.25, 0.3) is 0 Å². The van der Waals surface area contributed by atoms with Gasteiger partial charge in [-0.2, -0.15) is 0 Å².